The molecule has 2 aliphatic rings. The van der Waals surface area contributed by atoms with Gasteiger partial charge >= 0.3 is 0 Å². The number of rotatable bonds is 0. The van der Waals surface area contributed by atoms with Crippen molar-refractivity contribution >= 4 is 11.8 Å². The highest BCUT2D eigenvalue weighted by atomic mass is 16.2. The highest BCUT2D eigenvalue weighted by Crippen LogP contribution is 2.24. The Morgan fingerprint density at radius 3 is 3.00 bits per heavy atom. The summed E-state index contributed by atoms with van der Waals surface area (Å²) < 4.78 is 0. The Morgan fingerprint density at radius 1 is 1.54 bits per heavy atom. The molecule has 0 aromatic heterocycles. The maximum atomic E-state index is 11.3. The van der Waals surface area contributed by atoms with Crippen LogP contribution in [0, 0.1) is 11.8 Å². The fraction of sp³-hybridized carbons (Fsp3) is 0.778. The molecule has 0 aromatic carbocycles. The lowest BCUT2D eigenvalue weighted by molar-refractivity contribution is -0.138. The molecule has 72 valence electrons. The molecule has 1 N–H and O–H groups in total. The molecule has 0 aromatic rings. The number of hydrogen-bond donors (Lipinski definition) is 1. The van der Waals surface area contributed by atoms with Crippen LogP contribution in [0.2, 0.25) is 0 Å². The molecular weight excluding hydrogens is 168 g/mol. The zero-order chi connectivity index (χ0) is 9.42. The Bertz CT molecular complexity index is 252. The van der Waals surface area contributed by atoms with Crippen LogP contribution in [0.3, 0.4) is 0 Å². The van der Waals surface area contributed by atoms with Gasteiger partial charge in [-0.1, -0.05) is 0 Å². The van der Waals surface area contributed by atoms with Crippen molar-refractivity contribution in [3.63, 3.8) is 0 Å². The number of likely N-dealkylation sites (tertiary alicyclic amines) is 1. The summed E-state index contributed by atoms with van der Waals surface area (Å²) in [5.41, 5.74) is 0. The highest BCUT2D eigenvalue weighted by Gasteiger charge is 2.36. The van der Waals surface area contributed by atoms with Crippen LogP contribution in [0.4, 0.5) is 0 Å². The van der Waals surface area contributed by atoms with E-state index in [1.807, 2.05) is 0 Å². The van der Waals surface area contributed by atoms with Crippen molar-refractivity contribution in [1.29, 1.82) is 0 Å². The number of piperidine rings is 2. The Hall–Kier alpha value is -1.06. The summed E-state index contributed by atoms with van der Waals surface area (Å²) in [6.07, 6.45) is 0.954. The average Bonchev–Trinajstić information content (AvgIpc) is 2.12. The number of nitrogens with zero attached hydrogens (tertiary/aromatic N) is 1. The zero-order valence-corrected chi connectivity index (χ0v) is 7.75. The van der Waals surface area contributed by atoms with E-state index in [0.717, 1.165) is 19.5 Å². The monoisotopic (exact) mass is 182 g/mol. The minimum atomic E-state index is 0.0383. The van der Waals surface area contributed by atoms with Gasteiger partial charge in [0, 0.05) is 26.6 Å². The van der Waals surface area contributed by atoms with Crippen LogP contribution in [-0.4, -0.2) is 36.3 Å². The molecule has 2 aliphatic heterocycles. The number of carbonyl (C=O) groups excluding carboxylic acids is 2. The molecule has 2 heterocycles. The molecule has 0 radical (unpaired) electrons. The van der Waals surface area contributed by atoms with Crippen molar-refractivity contribution in [1.82, 2.24) is 10.2 Å². The minimum absolute atomic E-state index is 0.0383. The van der Waals surface area contributed by atoms with Crippen molar-refractivity contribution in [2.45, 2.75) is 13.3 Å². The quantitative estimate of drug-likeness (QED) is 0.554. The Morgan fingerprint density at radius 2 is 2.31 bits per heavy atom. The first-order valence-corrected chi connectivity index (χ1v) is 4.70. The second-order valence-corrected chi connectivity index (χ2v) is 3.97. The van der Waals surface area contributed by atoms with Crippen molar-refractivity contribution in [3.8, 4) is 0 Å². The average molecular weight is 182 g/mol. The normalized spacial score (nSPS) is 32.7. The predicted octanol–water partition coefficient (Wildman–Crippen LogP) is -0.399. The first-order valence-electron chi connectivity index (χ1n) is 4.70. The molecular formula is C9H14N2O2. The lowest BCUT2D eigenvalue weighted by atomic mass is 9.85. The largest absolute Gasteiger partial charge is 0.355 e. The Kier molecular flexibility index (Phi) is 1.98. The number of carbonyl (C=O) groups is 2. The van der Waals surface area contributed by atoms with Crippen LogP contribution in [0.5, 0.6) is 0 Å². The third-order valence-electron chi connectivity index (χ3n) is 2.92. The van der Waals surface area contributed by atoms with E-state index < -0.39 is 0 Å². The Labute approximate surface area is 77.3 Å². The highest BCUT2D eigenvalue weighted by molar-refractivity contribution is 5.81. The van der Waals surface area contributed by atoms with Gasteiger partial charge in [0.05, 0.1) is 5.92 Å². The van der Waals surface area contributed by atoms with Gasteiger partial charge in [0.25, 0.3) is 0 Å². The van der Waals surface area contributed by atoms with Crippen LogP contribution in [-0.2, 0) is 9.59 Å². The summed E-state index contributed by atoms with van der Waals surface area (Å²) in [6, 6.07) is 0. The van der Waals surface area contributed by atoms with E-state index in [1.165, 1.54) is 0 Å². The fourth-order valence-electron chi connectivity index (χ4n) is 2.19. The summed E-state index contributed by atoms with van der Waals surface area (Å²) in [7, 11) is 0. The molecule has 4 nitrogen and oxygen atoms in total. The zero-order valence-electron chi connectivity index (χ0n) is 7.75. The molecule has 2 unspecified atom stereocenters. The standard InChI is InChI=1S/C9H14N2O2/c1-6(12)11-4-7-2-8(5-11)9(13)10-3-7/h7-8H,2-5H2,1H3,(H,10,13). The molecule has 4 heteroatoms. The van der Waals surface area contributed by atoms with Crippen molar-refractivity contribution in [3.05, 3.63) is 0 Å². The molecule has 0 aliphatic carbocycles. The third kappa shape index (κ3) is 1.53. The summed E-state index contributed by atoms with van der Waals surface area (Å²) in [5.74, 6) is 0.711. The summed E-state index contributed by atoms with van der Waals surface area (Å²) in [5, 5.41) is 2.87. The van der Waals surface area contributed by atoms with Crippen molar-refractivity contribution in [2.75, 3.05) is 19.6 Å². The molecule has 13 heavy (non-hydrogen) atoms. The lowest BCUT2D eigenvalue weighted by Crippen LogP contribution is -2.54. The van der Waals surface area contributed by atoms with Crippen LogP contribution in [0.15, 0.2) is 0 Å². The van der Waals surface area contributed by atoms with E-state index in [4.69, 9.17) is 0 Å². The molecule has 2 atom stereocenters. The van der Waals surface area contributed by atoms with E-state index in [0.29, 0.717) is 12.5 Å². The van der Waals surface area contributed by atoms with Gasteiger partial charge < -0.3 is 10.2 Å². The van der Waals surface area contributed by atoms with Gasteiger partial charge in [-0.2, -0.15) is 0 Å². The molecule has 2 saturated heterocycles. The molecule has 2 rings (SSSR count). The Balaban J connectivity index is 2.08. The van der Waals surface area contributed by atoms with E-state index in [1.54, 1.807) is 11.8 Å². The minimum Gasteiger partial charge on any atom is -0.355 e. The number of hydrogen-bond acceptors (Lipinski definition) is 2. The number of amides is 2. The summed E-state index contributed by atoms with van der Waals surface area (Å²) in [4.78, 5) is 24.2. The van der Waals surface area contributed by atoms with Crippen LogP contribution in [0.25, 0.3) is 0 Å². The second-order valence-electron chi connectivity index (χ2n) is 3.97. The van der Waals surface area contributed by atoms with Gasteiger partial charge in [0.2, 0.25) is 11.8 Å². The maximum Gasteiger partial charge on any atom is 0.224 e. The summed E-state index contributed by atoms with van der Waals surface area (Å²) in [6.45, 7) is 3.72. The van der Waals surface area contributed by atoms with Gasteiger partial charge in [0.15, 0.2) is 0 Å². The van der Waals surface area contributed by atoms with Crippen LogP contribution in [0.1, 0.15) is 13.3 Å². The molecule has 2 amide bonds. The smallest absolute Gasteiger partial charge is 0.224 e. The topological polar surface area (TPSA) is 49.4 Å². The first kappa shape index (κ1) is 8.53. The fourth-order valence-corrected chi connectivity index (χ4v) is 2.19. The van der Waals surface area contributed by atoms with Crippen LogP contribution < -0.4 is 5.32 Å². The second kappa shape index (κ2) is 3.01. The predicted molar refractivity (Wildman–Crippen MR) is 46.9 cm³/mol. The third-order valence-corrected chi connectivity index (χ3v) is 2.92. The van der Waals surface area contributed by atoms with Crippen LogP contribution >= 0.6 is 0 Å². The van der Waals surface area contributed by atoms with E-state index in [-0.39, 0.29) is 17.7 Å². The molecule has 0 saturated carbocycles. The van der Waals surface area contributed by atoms with Gasteiger partial charge in [-0.15, -0.1) is 0 Å². The molecule has 2 fully saturated rings. The molecule has 2 bridgehead atoms. The number of fused-ring (bicyclic) bond motifs is 2. The summed E-state index contributed by atoms with van der Waals surface area (Å²) >= 11 is 0. The van der Waals surface area contributed by atoms with Crippen molar-refractivity contribution in [2.24, 2.45) is 11.8 Å². The van der Waals surface area contributed by atoms with Gasteiger partial charge in [-0.3, -0.25) is 9.59 Å². The van der Waals surface area contributed by atoms with Gasteiger partial charge in [-0.05, 0) is 12.3 Å². The maximum absolute atomic E-state index is 11.3. The number of nitrogens with one attached hydrogen (secondary N) is 1. The van der Waals surface area contributed by atoms with E-state index in [9.17, 15) is 9.59 Å². The van der Waals surface area contributed by atoms with Crippen molar-refractivity contribution < 1.29 is 9.59 Å². The first-order chi connectivity index (χ1) is 6.16. The van der Waals surface area contributed by atoms with E-state index in [2.05, 4.69) is 5.32 Å². The van der Waals surface area contributed by atoms with Gasteiger partial charge in [0.1, 0.15) is 0 Å². The lowest BCUT2D eigenvalue weighted by Gasteiger charge is -2.40. The van der Waals surface area contributed by atoms with E-state index >= 15 is 0 Å². The SMILES string of the molecule is CC(=O)N1CC2CNC(=O)C(C2)C1. The van der Waals surface area contributed by atoms with Gasteiger partial charge in [-0.25, -0.2) is 0 Å². The molecule has 0 spiro atoms.